The van der Waals surface area contributed by atoms with E-state index in [-0.39, 0.29) is 11.0 Å². The van der Waals surface area contributed by atoms with Crippen molar-refractivity contribution in [2.45, 2.75) is 13.3 Å². The minimum Gasteiger partial charge on any atom is -0.497 e. The molecule has 2 N–H and O–H groups in total. The van der Waals surface area contributed by atoms with Crippen molar-refractivity contribution in [3.63, 3.8) is 0 Å². The van der Waals surface area contributed by atoms with Crippen LogP contribution in [0.2, 0.25) is 0 Å². The minimum absolute atomic E-state index is 0.171. The van der Waals surface area contributed by atoms with E-state index in [0.717, 1.165) is 12.2 Å². The third-order valence-corrected chi connectivity index (χ3v) is 3.68. The van der Waals surface area contributed by atoms with Crippen LogP contribution >= 0.6 is 12.2 Å². The van der Waals surface area contributed by atoms with Crippen LogP contribution in [-0.4, -0.2) is 31.8 Å². The summed E-state index contributed by atoms with van der Waals surface area (Å²) in [5.74, 6) is 1.63. The monoisotopic (exact) mass is 374 g/mol. The van der Waals surface area contributed by atoms with E-state index >= 15 is 0 Å². The molecule has 0 spiro atoms. The number of carbonyl (C=O) groups is 1. The molecule has 138 valence electrons. The number of nitrogens with one attached hydrogen (secondary N) is 2. The number of benzene rings is 2. The third kappa shape index (κ3) is 5.35. The molecular weight excluding hydrogens is 352 g/mol. The molecule has 0 saturated carbocycles. The summed E-state index contributed by atoms with van der Waals surface area (Å²) >= 11 is 5.21. The van der Waals surface area contributed by atoms with Crippen LogP contribution in [0.25, 0.3) is 0 Å². The Bertz CT molecular complexity index is 763. The molecule has 0 saturated heterocycles. The van der Waals surface area contributed by atoms with E-state index in [4.69, 9.17) is 26.4 Å². The fraction of sp³-hybridized carbons (Fsp3) is 0.263. The average molecular weight is 374 g/mol. The molecule has 0 aliphatic carbocycles. The van der Waals surface area contributed by atoms with Gasteiger partial charge in [-0.2, -0.15) is 0 Å². The van der Waals surface area contributed by atoms with E-state index in [1.54, 1.807) is 56.7 Å². The normalized spacial score (nSPS) is 9.96. The second-order valence-electron chi connectivity index (χ2n) is 5.35. The number of amides is 1. The predicted molar refractivity (Wildman–Crippen MR) is 105 cm³/mol. The maximum absolute atomic E-state index is 12.3. The lowest BCUT2D eigenvalue weighted by Crippen LogP contribution is -2.34. The summed E-state index contributed by atoms with van der Waals surface area (Å²) < 4.78 is 15.9. The average Bonchev–Trinajstić information content (AvgIpc) is 2.66. The highest BCUT2D eigenvalue weighted by atomic mass is 32.1. The first kappa shape index (κ1) is 19.5. The zero-order valence-electron chi connectivity index (χ0n) is 15.0. The van der Waals surface area contributed by atoms with Gasteiger partial charge in [-0.1, -0.05) is 6.92 Å². The van der Waals surface area contributed by atoms with Gasteiger partial charge in [-0.15, -0.1) is 0 Å². The Labute approximate surface area is 158 Å². The molecule has 0 heterocycles. The van der Waals surface area contributed by atoms with Crippen LogP contribution in [0, 0.1) is 0 Å². The topological polar surface area (TPSA) is 68.8 Å². The van der Waals surface area contributed by atoms with Crippen molar-refractivity contribution < 1.29 is 19.0 Å². The molecule has 2 aromatic carbocycles. The number of rotatable bonds is 7. The van der Waals surface area contributed by atoms with Crippen LogP contribution in [0.15, 0.2) is 42.5 Å². The van der Waals surface area contributed by atoms with Gasteiger partial charge in [0, 0.05) is 11.6 Å². The molecule has 0 aromatic heterocycles. The first-order chi connectivity index (χ1) is 12.6. The summed E-state index contributed by atoms with van der Waals surface area (Å²) in [4.78, 5) is 12.3. The van der Waals surface area contributed by atoms with Gasteiger partial charge in [0.25, 0.3) is 5.91 Å². The Morgan fingerprint density at radius 3 is 2.35 bits per heavy atom. The molecule has 2 aromatic rings. The van der Waals surface area contributed by atoms with Gasteiger partial charge in [0.05, 0.1) is 26.5 Å². The Morgan fingerprint density at radius 2 is 1.73 bits per heavy atom. The van der Waals surface area contributed by atoms with Gasteiger partial charge in [-0.25, -0.2) is 0 Å². The Balaban J connectivity index is 1.98. The highest BCUT2D eigenvalue weighted by molar-refractivity contribution is 7.80. The van der Waals surface area contributed by atoms with Gasteiger partial charge in [0.1, 0.15) is 17.2 Å². The Morgan fingerprint density at radius 1 is 1.04 bits per heavy atom. The van der Waals surface area contributed by atoms with Gasteiger partial charge in [0.2, 0.25) is 0 Å². The van der Waals surface area contributed by atoms with Crippen LogP contribution in [0.1, 0.15) is 23.7 Å². The quantitative estimate of drug-likeness (QED) is 0.722. The predicted octanol–water partition coefficient (Wildman–Crippen LogP) is 3.62. The molecule has 0 bridgehead atoms. The molecule has 7 heteroatoms. The standard InChI is InChI=1S/C19H22N2O4S/c1-4-11-25-14-7-5-13(6-8-14)18(22)21-19(26)20-16-10-9-15(23-2)12-17(16)24-3/h5-10,12H,4,11H2,1-3H3,(H2,20,21,22,26). The SMILES string of the molecule is CCCOc1ccc(C(=O)NC(=S)Nc2ccc(OC)cc2OC)cc1. The van der Waals surface area contributed by atoms with Crippen molar-refractivity contribution in [3.8, 4) is 17.2 Å². The molecule has 0 fully saturated rings. The molecule has 0 atom stereocenters. The van der Waals surface area contributed by atoms with E-state index in [9.17, 15) is 4.79 Å². The van der Waals surface area contributed by atoms with Crippen LogP contribution < -0.4 is 24.8 Å². The largest absolute Gasteiger partial charge is 0.497 e. The fourth-order valence-electron chi connectivity index (χ4n) is 2.15. The summed E-state index contributed by atoms with van der Waals surface area (Å²) in [5, 5.41) is 5.76. The van der Waals surface area contributed by atoms with Gasteiger partial charge in [-0.05, 0) is 55.0 Å². The first-order valence-corrected chi connectivity index (χ1v) is 8.55. The number of hydrogen-bond donors (Lipinski definition) is 2. The highest BCUT2D eigenvalue weighted by Gasteiger charge is 2.11. The van der Waals surface area contributed by atoms with Crippen molar-refractivity contribution >= 4 is 28.9 Å². The molecule has 26 heavy (non-hydrogen) atoms. The summed E-state index contributed by atoms with van der Waals surface area (Å²) in [6.07, 6.45) is 0.928. The molecule has 2 rings (SSSR count). The number of anilines is 1. The van der Waals surface area contributed by atoms with E-state index in [2.05, 4.69) is 10.6 Å². The van der Waals surface area contributed by atoms with Crippen LogP contribution in [-0.2, 0) is 0 Å². The van der Waals surface area contributed by atoms with Gasteiger partial charge in [-0.3, -0.25) is 10.1 Å². The molecule has 1 amide bonds. The number of hydrogen-bond acceptors (Lipinski definition) is 5. The zero-order chi connectivity index (χ0) is 18.9. The van der Waals surface area contributed by atoms with Crippen molar-refractivity contribution in [2.75, 3.05) is 26.1 Å². The summed E-state index contributed by atoms with van der Waals surface area (Å²) in [6.45, 7) is 2.68. The number of methoxy groups -OCH3 is 2. The van der Waals surface area contributed by atoms with Crippen LogP contribution in [0.4, 0.5) is 5.69 Å². The van der Waals surface area contributed by atoms with Gasteiger partial charge in [0.15, 0.2) is 5.11 Å². The summed E-state index contributed by atoms with van der Waals surface area (Å²) in [6, 6.07) is 12.1. The lowest BCUT2D eigenvalue weighted by molar-refractivity contribution is 0.0977. The molecule has 0 aliphatic heterocycles. The lowest BCUT2D eigenvalue weighted by atomic mass is 10.2. The minimum atomic E-state index is -0.308. The Hall–Kier alpha value is -2.80. The van der Waals surface area contributed by atoms with Crippen molar-refractivity contribution in [1.29, 1.82) is 0 Å². The van der Waals surface area contributed by atoms with Crippen LogP contribution in [0.5, 0.6) is 17.2 Å². The van der Waals surface area contributed by atoms with E-state index in [0.29, 0.717) is 29.4 Å². The number of thiocarbonyl (C=S) groups is 1. The second kappa shape index (κ2) is 9.62. The van der Waals surface area contributed by atoms with E-state index in [1.807, 2.05) is 6.92 Å². The molecule has 0 aliphatic rings. The molecule has 0 unspecified atom stereocenters. The maximum Gasteiger partial charge on any atom is 0.257 e. The van der Waals surface area contributed by atoms with Crippen molar-refractivity contribution in [3.05, 3.63) is 48.0 Å². The third-order valence-electron chi connectivity index (χ3n) is 3.47. The lowest BCUT2D eigenvalue weighted by Gasteiger charge is -2.14. The smallest absolute Gasteiger partial charge is 0.257 e. The Kier molecular flexibility index (Phi) is 7.23. The van der Waals surface area contributed by atoms with Gasteiger partial charge < -0.3 is 19.5 Å². The molecular formula is C19H22N2O4S. The number of carbonyl (C=O) groups excluding carboxylic acids is 1. The van der Waals surface area contributed by atoms with E-state index in [1.165, 1.54) is 0 Å². The first-order valence-electron chi connectivity index (χ1n) is 8.14. The summed E-state index contributed by atoms with van der Waals surface area (Å²) in [5.41, 5.74) is 1.11. The highest BCUT2D eigenvalue weighted by Crippen LogP contribution is 2.28. The second-order valence-corrected chi connectivity index (χ2v) is 5.76. The van der Waals surface area contributed by atoms with Crippen LogP contribution in [0.3, 0.4) is 0 Å². The molecule has 0 radical (unpaired) electrons. The zero-order valence-corrected chi connectivity index (χ0v) is 15.8. The fourth-order valence-corrected chi connectivity index (χ4v) is 2.36. The maximum atomic E-state index is 12.3. The van der Waals surface area contributed by atoms with Crippen molar-refractivity contribution in [1.82, 2.24) is 5.32 Å². The van der Waals surface area contributed by atoms with Crippen molar-refractivity contribution in [2.24, 2.45) is 0 Å². The summed E-state index contributed by atoms with van der Waals surface area (Å²) in [7, 11) is 3.12. The van der Waals surface area contributed by atoms with Gasteiger partial charge >= 0.3 is 0 Å². The number of ether oxygens (including phenoxy) is 3. The molecule has 6 nitrogen and oxygen atoms in total. The van der Waals surface area contributed by atoms with E-state index < -0.39 is 0 Å².